The molecule has 1 aliphatic rings. The Morgan fingerprint density at radius 1 is 1.14 bits per heavy atom. The normalized spacial score (nSPS) is 14.4. The van der Waals surface area contributed by atoms with E-state index in [9.17, 15) is 4.79 Å². The molecule has 0 unspecified atom stereocenters. The van der Waals surface area contributed by atoms with Crippen LogP contribution < -0.4 is 10.5 Å². The number of aromatic nitrogens is 7. The van der Waals surface area contributed by atoms with Crippen LogP contribution >= 0.6 is 0 Å². The second-order valence-electron chi connectivity index (χ2n) is 6.99. The number of pyridine rings is 1. The fourth-order valence-electron chi connectivity index (χ4n) is 3.54. The summed E-state index contributed by atoms with van der Waals surface area (Å²) in [5, 5.41) is 9.79. The number of hydrogen-bond acceptors (Lipinski definition) is 7. The molecule has 1 fully saturated rings. The maximum atomic E-state index is 12.2. The third-order valence-corrected chi connectivity index (χ3v) is 4.92. The maximum Gasteiger partial charge on any atom is 0.266 e. The molecular formula is C19H18N8O. The molecular weight excluding hydrogens is 356 g/mol. The van der Waals surface area contributed by atoms with Gasteiger partial charge in [0, 0.05) is 56.3 Å². The first-order chi connectivity index (χ1) is 13.7. The van der Waals surface area contributed by atoms with Gasteiger partial charge in [-0.2, -0.15) is 10.2 Å². The third kappa shape index (κ3) is 2.90. The van der Waals surface area contributed by atoms with Gasteiger partial charge in [0.05, 0.1) is 17.6 Å². The molecule has 0 N–H and O–H groups in total. The second-order valence-corrected chi connectivity index (χ2v) is 6.99. The molecule has 140 valence electrons. The van der Waals surface area contributed by atoms with E-state index in [0.29, 0.717) is 18.1 Å². The van der Waals surface area contributed by atoms with Gasteiger partial charge < -0.3 is 4.90 Å². The molecule has 0 spiro atoms. The third-order valence-electron chi connectivity index (χ3n) is 4.92. The largest absolute Gasteiger partial charge is 0.355 e. The summed E-state index contributed by atoms with van der Waals surface area (Å²) in [5.74, 6) is 1.22. The van der Waals surface area contributed by atoms with Crippen molar-refractivity contribution in [2.45, 2.75) is 6.54 Å². The smallest absolute Gasteiger partial charge is 0.266 e. The van der Waals surface area contributed by atoms with Gasteiger partial charge in [-0.15, -0.1) is 0 Å². The number of fused-ring (bicyclic) bond motifs is 1. The topological polar surface area (TPSA) is 94.6 Å². The van der Waals surface area contributed by atoms with Crippen molar-refractivity contribution in [3.8, 4) is 11.3 Å². The fourth-order valence-corrected chi connectivity index (χ4v) is 3.54. The molecule has 1 saturated heterocycles. The summed E-state index contributed by atoms with van der Waals surface area (Å²) >= 11 is 0. The van der Waals surface area contributed by atoms with Crippen molar-refractivity contribution in [1.29, 1.82) is 0 Å². The Kier molecular flexibility index (Phi) is 3.85. The van der Waals surface area contributed by atoms with Crippen LogP contribution in [-0.4, -0.2) is 47.6 Å². The van der Waals surface area contributed by atoms with Crippen LogP contribution in [-0.2, 0) is 13.6 Å². The van der Waals surface area contributed by atoms with Crippen molar-refractivity contribution in [3.63, 3.8) is 0 Å². The monoisotopic (exact) mass is 374 g/mol. The molecule has 1 aliphatic heterocycles. The highest BCUT2D eigenvalue weighted by Gasteiger charge is 2.30. The highest BCUT2D eigenvalue weighted by atomic mass is 16.1. The van der Waals surface area contributed by atoms with Crippen LogP contribution in [0.25, 0.3) is 22.3 Å². The lowest BCUT2D eigenvalue weighted by Crippen LogP contribution is -2.50. The first-order valence-electron chi connectivity index (χ1n) is 9.05. The molecule has 0 radical (unpaired) electrons. The molecule has 9 nitrogen and oxygen atoms in total. The van der Waals surface area contributed by atoms with Crippen LogP contribution in [0.15, 0.2) is 54.0 Å². The number of aryl methyl sites for hydroxylation is 1. The van der Waals surface area contributed by atoms with E-state index in [0.717, 1.165) is 35.6 Å². The van der Waals surface area contributed by atoms with E-state index in [2.05, 4.69) is 30.0 Å². The van der Waals surface area contributed by atoms with Crippen LogP contribution in [0.5, 0.6) is 0 Å². The van der Waals surface area contributed by atoms with Gasteiger partial charge in [0.15, 0.2) is 5.65 Å². The van der Waals surface area contributed by atoms with Crippen LogP contribution in [0, 0.1) is 5.92 Å². The number of rotatable bonds is 4. The van der Waals surface area contributed by atoms with Gasteiger partial charge in [-0.3, -0.25) is 14.5 Å². The molecule has 0 amide bonds. The highest BCUT2D eigenvalue weighted by molar-refractivity contribution is 5.86. The number of nitrogens with zero attached hydrogens (tertiary/aromatic N) is 8. The van der Waals surface area contributed by atoms with Gasteiger partial charge in [-0.25, -0.2) is 14.6 Å². The predicted molar refractivity (Wildman–Crippen MR) is 104 cm³/mol. The second kappa shape index (κ2) is 6.52. The van der Waals surface area contributed by atoms with Crippen molar-refractivity contribution >= 4 is 16.9 Å². The number of hydrogen-bond donors (Lipinski definition) is 0. The summed E-state index contributed by atoms with van der Waals surface area (Å²) in [7, 11) is 1.87. The lowest BCUT2D eigenvalue weighted by molar-refractivity contribution is 0.334. The molecule has 28 heavy (non-hydrogen) atoms. The van der Waals surface area contributed by atoms with Crippen LogP contribution in [0.4, 0.5) is 5.82 Å². The predicted octanol–water partition coefficient (Wildman–Crippen LogP) is 1.12. The molecule has 5 rings (SSSR count). The summed E-state index contributed by atoms with van der Waals surface area (Å²) in [6.07, 6.45) is 6.94. The van der Waals surface area contributed by atoms with Crippen LogP contribution in [0.1, 0.15) is 0 Å². The zero-order chi connectivity index (χ0) is 19.1. The Bertz CT molecular complexity index is 1190. The van der Waals surface area contributed by atoms with Gasteiger partial charge in [0.1, 0.15) is 12.1 Å². The Balaban J connectivity index is 1.33. The standard InChI is InChI=1S/C19H18N8O/c1-25-11-15-18(24-25)21-12-22-19(15)26-8-13(9-26)10-27-17(28)5-4-16(23-27)14-3-2-6-20-7-14/h2-7,11-13H,8-10H2,1H3. The Morgan fingerprint density at radius 2 is 2.04 bits per heavy atom. The molecule has 0 aromatic carbocycles. The van der Waals surface area contributed by atoms with E-state index in [1.807, 2.05) is 25.4 Å². The van der Waals surface area contributed by atoms with E-state index >= 15 is 0 Å². The Labute approximate surface area is 160 Å². The van der Waals surface area contributed by atoms with Gasteiger partial charge in [-0.05, 0) is 18.2 Å². The molecule has 4 aromatic rings. The van der Waals surface area contributed by atoms with Crippen LogP contribution in [0.3, 0.4) is 0 Å². The van der Waals surface area contributed by atoms with Crippen molar-refractivity contribution < 1.29 is 0 Å². The summed E-state index contributed by atoms with van der Waals surface area (Å²) in [4.78, 5) is 27.2. The summed E-state index contributed by atoms with van der Waals surface area (Å²) in [6, 6.07) is 7.10. The highest BCUT2D eigenvalue weighted by Crippen LogP contribution is 2.28. The molecule has 0 atom stereocenters. The zero-order valence-corrected chi connectivity index (χ0v) is 15.3. The molecule has 0 bridgehead atoms. The molecule has 4 aromatic heterocycles. The van der Waals surface area contributed by atoms with Crippen molar-refractivity contribution in [2.24, 2.45) is 13.0 Å². The van der Waals surface area contributed by atoms with E-state index in [-0.39, 0.29) is 5.56 Å². The molecule has 5 heterocycles. The van der Waals surface area contributed by atoms with Gasteiger partial charge >= 0.3 is 0 Å². The molecule has 0 saturated carbocycles. The zero-order valence-electron chi connectivity index (χ0n) is 15.3. The van der Waals surface area contributed by atoms with E-state index in [1.54, 1.807) is 40.2 Å². The Morgan fingerprint density at radius 3 is 2.86 bits per heavy atom. The lowest BCUT2D eigenvalue weighted by atomic mass is 10.00. The maximum absolute atomic E-state index is 12.2. The Hall–Kier alpha value is -3.62. The molecule has 9 heteroatoms. The van der Waals surface area contributed by atoms with E-state index in [1.165, 1.54) is 0 Å². The summed E-state index contributed by atoms with van der Waals surface area (Å²) in [6.45, 7) is 2.20. The lowest BCUT2D eigenvalue weighted by Gasteiger charge is -2.40. The summed E-state index contributed by atoms with van der Waals surface area (Å²) < 4.78 is 3.29. The first-order valence-corrected chi connectivity index (χ1v) is 9.05. The summed E-state index contributed by atoms with van der Waals surface area (Å²) in [5.41, 5.74) is 2.24. The molecule has 0 aliphatic carbocycles. The SMILES string of the molecule is Cn1cc2c(N3CC(Cn4nc(-c5cccnc5)ccc4=O)C3)ncnc2n1. The first kappa shape index (κ1) is 16.5. The van der Waals surface area contributed by atoms with Gasteiger partial charge in [-0.1, -0.05) is 0 Å². The van der Waals surface area contributed by atoms with E-state index < -0.39 is 0 Å². The average Bonchev–Trinajstić information content (AvgIpc) is 3.07. The van der Waals surface area contributed by atoms with Crippen molar-refractivity contribution in [1.82, 2.24) is 34.5 Å². The van der Waals surface area contributed by atoms with Crippen molar-refractivity contribution in [2.75, 3.05) is 18.0 Å². The van der Waals surface area contributed by atoms with Crippen LogP contribution in [0.2, 0.25) is 0 Å². The minimum absolute atomic E-state index is 0.0947. The van der Waals surface area contributed by atoms with Gasteiger partial charge in [0.2, 0.25) is 0 Å². The minimum Gasteiger partial charge on any atom is -0.355 e. The fraction of sp³-hybridized carbons (Fsp3) is 0.263. The van der Waals surface area contributed by atoms with E-state index in [4.69, 9.17) is 0 Å². The average molecular weight is 374 g/mol. The van der Waals surface area contributed by atoms with Crippen molar-refractivity contribution in [3.05, 3.63) is 59.5 Å². The quantitative estimate of drug-likeness (QED) is 0.528. The van der Waals surface area contributed by atoms with Gasteiger partial charge in [0.25, 0.3) is 5.56 Å². The minimum atomic E-state index is -0.0947. The number of anilines is 1.